The SMILES string of the molecule is Cn1ccnc1CCC(NN)c1ccc(Cl)cc1. The lowest BCUT2D eigenvalue weighted by atomic mass is 10.0. The first-order valence-electron chi connectivity index (χ1n) is 5.88. The molecule has 0 bridgehead atoms. The maximum atomic E-state index is 5.87. The number of nitrogens with two attached hydrogens (primary N) is 1. The first kappa shape index (κ1) is 13.1. The molecule has 0 amide bonds. The number of hydrazine groups is 1. The summed E-state index contributed by atoms with van der Waals surface area (Å²) in [5.41, 5.74) is 3.97. The Morgan fingerprint density at radius 1 is 1.39 bits per heavy atom. The smallest absolute Gasteiger partial charge is 0.108 e. The quantitative estimate of drug-likeness (QED) is 0.643. The fraction of sp³-hybridized carbons (Fsp3) is 0.308. The van der Waals surface area contributed by atoms with Gasteiger partial charge in [0.05, 0.1) is 0 Å². The van der Waals surface area contributed by atoms with Crippen LogP contribution in [0.15, 0.2) is 36.7 Å². The number of halogens is 1. The van der Waals surface area contributed by atoms with E-state index in [-0.39, 0.29) is 6.04 Å². The van der Waals surface area contributed by atoms with E-state index in [0.717, 1.165) is 29.3 Å². The highest BCUT2D eigenvalue weighted by atomic mass is 35.5. The Bertz CT molecular complexity index is 492. The highest BCUT2D eigenvalue weighted by molar-refractivity contribution is 6.30. The molecule has 0 saturated carbocycles. The molecule has 1 unspecified atom stereocenters. The van der Waals surface area contributed by atoms with Gasteiger partial charge in [-0.3, -0.25) is 11.3 Å². The molecule has 0 spiro atoms. The van der Waals surface area contributed by atoms with E-state index in [9.17, 15) is 0 Å². The monoisotopic (exact) mass is 264 g/mol. The molecule has 4 nitrogen and oxygen atoms in total. The molecule has 0 aliphatic rings. The van der Waals surface area contributed by atoms with E-state index in [1.54, 1.807) is 0 Å². The molecule has 2 aromatic rings. The van der Waals surface area contributed by atoms with Gasteiger partial charge in [0.2, 0.25) is 0 Å². The van der Waals surface area contributed by atoms with E-state index >= 15 is 0 Å². The number of rotatable bonds is 5. The van der Waals surface area contributed by atoms with E-state index in [2.05, 4.69) is 10.4 Å². The Morgan fingerprint density at radius 2 is 2.11 bits per heavy atom. The van der Waals surface area contributed by atoms with Crippen LogP contribution in [-0.2, 0) is 13.5 Å². The Morgan fingerprint density at radius 3 is 2.67 bits per heavy atom. The molecule has 0 fully saturated rings. The van der Waals surface area contributed by atoms with Crippen LogP contribution in [0.1, 0.15) is 23.9 Å². The average Bonchev–Trinajstić information content (AvgIpc) is 2.78. The van der Waals surface area contributed by atoms with Crippen molar-refractivity contribution in [2.75, 3.05) is 0 Å². The zero-order chi connectivity index (χ0) is 13.0. The highest BCUT2D eigenvalue weighted by Crippen LogP contribution is 2.20. The summed E-state index contributed by atoms with van der Waals surface area (Å²) < 4.78 is 2.02. The third kappa shape index (κ3) is 3.10. The summed E-state index contributed by atoms with van der Waals surface area (Å²) >= 11 is 5.87. The van der Waals surface area contributed by atoms with Crippen molar-refractivity contribution >= 4 is 11.6 Å². The molecule has 0 aliphatic carbocycles. The van der Waals surface area contributed by atoms with Crippen LogP contribution < -0.4 is 11.3 Å². The van der Waals surface area contributed by atoms with Gasteiger partial charge in [0.25, 0.3) is 0 Å². The molecule has 1 aromatic heterocycles. The summed E-state index contributed by atoms with van der Waals surface area (Å²) in [5, 5.41) is 0.735. The number of nitrogens with one attached hydrogen (secondary N) is 1. The Labute approximate surface area is 112 Å². The van der Waals surface area contributed by atoms with Crippen LogP contribution in [0.25, 0.3) is 0 Å². The van der Waals surface area contributed by atoms with Gasteiger partial charge in [0.15, 0.2) is 0 Å². The molecule has 1 heterocycles. The molecule has 2 rings (SSSR count). The predicted molar refractivity (Wildman–Crippen MR) is 73.0 cm³/mol. The summed E-state index contributed by atoms with van der Waals surface area (Å²) in [4.78, 5) is 4.30. The van der Waals surface area contributed by atoms with E-state index in [4.69, 9.17) is 17.4 Å². The van der Waals surface area contributed by atoms with Crippen molar-refractivity contribution in [2.45, 2.75) is 18.9 Å². The van der Waals surface area contributed by atoms with Crippen LogP contribution in [0.5, 0.6) is 0 Å². The molecule has 0 saturated heterocycles. The Hall–Kier alpha value is -1.36. The Balaban J connectivity index is 2.01. The van der Waals surface area contributed by atoms with Crippen LogP contribution in [0.3, 0.4) is 0 Å². The lowest BCUT2D eigenvalue weighted by Gasteiger charge is -2.16. The van der Waals surface area contributed by atoms with E-state index in [1.165, 1.54) is 0 Å². The van der Waals surface area contributed by atoms with Gasteiger partial charge in [-0.25, -0.2) is 4.98 Å². The van der Waals surface area contributed by atoms with E-state index in [1.807, 2.05) is 48.3 Å². The standard InChI is InChI=1S/C13H17ClN4/c1-18-9-8-16-13(18)7-6-12(17-15)10-2-4-11(14)5-3-10/h2-5,8-9,12,17H,6-7,15H2,1H3. The molecule has 0 radical (unpaired) electrons. The molecule has 1 aromatic carbocycles. The van der Waals surface area contributed by atoms with Crippen molar-refractivity contribution in [1.29, 1.82) is 0 Å². The minimum Gasteiger partial charge on any atom is -0.338 e. The molecule has 1 atom stereocenters. The third-order valence-electron chi connectivity index (χ3n) is 3.05. The number of imidazole rings is 1. The van der Waals surface area contributed by atoms with Crippen LogP contribution >= 0.6 is 11.6 Å². The summed E-state index contributed by atoms with van der Waals surface area (Å²) in [6.45, 7) is 0. The molecule has 5 heteroatoms. The summed E-state index contributed by atoms with van der Waals surface area (Å²) in [5.74, 6) is 6.67. The minimum atomic E-state index is 0.110. The lowest BCUT2D eigenvalue weighted by Crippen LogP contribution is -2.28. The topological polar surface area (TPSA) is 55.9 Å². The number of hydrogen-bond donors (Lipinski definition) is 2. The summed E-state index contributed by atoms with van der Waals surface area (Å²) in [6.07, 6.45) is 5.52. The summed E-state index contributed by atoms with van der Waals surface area (Å²) in [7, 11) is 2.00. The molecule has 0 aliphatic heterocycles. The number of hydrogen-bond acceptors (Lipinski definition) is 3. The van der Waals surface area contributed by atoms with Crippen molar-refractivity contribution in [3.05, 3.63) is 53.1 Å². The molecule has 96 valence electrons. The largest absolute Gasteiger partial charge is 0.338 e. The normalized spacial score (nSPS) is 12.6. The van der Waals surface area contributed by atoms with Gasteiger partial charge < -0.3 is 4.57 Å². The van der Waals surface area contributed by atoms with Gasteiger partial charge in [-0.05, 0) is 24.1 Å². The van der Waals surface area contributed by atoms with Crippen molar-refractivity contribution in [1.82, 2.24) is 15.0 Å². The van der Waals surface area contributed by atoms with Crippen LogP contribution in [0, 0.1) is 0 Å². The second-order valence-electron chi connectivity index (χ2n) is 4.26. The zero-order valence-electron chi connectivity index (χ0n) is 10.3. The number of nitrogens with zero attached hydrogens (tertiary/aromatic N) is 2. The van der Waals surface area contributed by atoms with E-state index in [0.29, 0.717) is 0 Å². The van der Waals surface area contributed by atoms with Crippen molar-refractivity contribution < 1.29 is 0 Å². The van der Waals surface area contributed by atoms with Gasteiger partial charge in [-0.2, -0.15) is 0 Å². The Kier molecular flexibility index (Phi) is 4.36. The maximum Gasteiger partial charge on any atom is 0.108 e. The van der Waals surface area contributed by atoms with E-state index < -0.39 is 0 Å². The first-order valence-corrected chi connectivity index (χ1v) is 6.26. The second kappa shape index (κ2) is 6.00. The third-order valence-corrected chi connectivity index (χ3v) is 3.30. The molecule has 3 N–H and O–H groups in total. The lowest BCUT2D eigenvalue weighted by molar-refractivity contribution is 0.506. The first-order chi connectivity index (χ1) is 8.70. The van der Waals surface area contributed by atoms with Gasteiger partial charge in [0.1, 0.15) is 5.82 Å². The van der Waals surface area contributed by atoms with Gasteiger partial charge in [-0.1, -0.05) is 23.7 Å². The maximum absolute atomic E-state index is 5.87. The average molecular weight is 265 g/mol. The molecular weight excluding hydrogens is 248 g/mol. The molecular formula is C13H17ClN4. The number of aryl methyl sites for hydroxylation is 2. The van der Waals surface area contributed by atoms with Gasteiger partial charge in [0, 0.05) is 36.9 Å². The summed E-state index contributed by atoms with van der Waals surface area (Å²) in [6, 6.07) is 7.85. The fourth-order valence-electron chi connectivity index (χ4n) is 1.95. The van der Waals surface area contributed by atoms with Crippen molar-refractivity contribution in [2.24, 2.45) is 12.9 Å². The fourth-order valence-corrected chi connectivity index (χ4v) is 2.08. The highest BCUT2D eigenvalue weighted by Gasteiger charge is 2.11. The number of benzene rings is 1. The van der Waals surface area contributed by atoms with Crippen molar-refractivity contribution in [3.8, 4) is 0 Å². The second-order valence-corrected chi connectivity index (χ2v) is 4.70. The minimum absolute atomic E-state index is 0.110. The number of aromatic nitrogens is 2. The van der Waals surface area contributed by atoms with Gasteiger partial charge >= 0.3 is 0 Å². The van der Waals surface area contributed by atoms with Crippen LogP contribution in [0.4, 0.5) is 0 Å². The van der Waals surface area contributed by atoms with Gasteiger partial charge in [-0.15, -0.1) is 0 Å². The van der Waals surface area contributed by atoms with Crippen molar-refractivity contribution in [3.63, 3.8) is 0 Å². The molecule has 18 heavy (non-hydrogen) atoms. The zero-order valence-corrected chi connectivity index (χ0v) is 11.1. The van der Waals surface area contributed by atoms with Crippen LogP contribution in [0.2, 0.25) is 5.02 Å². The van der Waals surface area contributed by atoms with Crippen LogP contribution in [-0.4, -0.2) is 9.55 Å². The predicted octanol–water partition coefficient (Wildman–Crippen LogP) is 2.21.